The molecule has 3 nitrogen and oxygen atoms in total. The van der Waals surface area contributed by atoms with E-state index < -0.39 is 11.7 Å². The van der Waals surface area contributed by atoms with Gasteiger partial charge in [0.1, 0.15) is 17.1 Å². The zero-order chi connectivity index (χ0) is 12.7. The van der Waals surface area contributed by atoms with Gasteiger partial charge in [-0.15, -0.1) is 12.3 Å². The second-order valence-corrected chi connectivity index (χ2v) is 3.38. The molecular formula is C13H14FNO2. The van der Waals surface area contributed by atoms with Gasteiger partial charge in [-0.05, 0) is 18.6 Å². The van der Waals surface area contributed by atoms with Crippen LogP contribution in [0.25, 0.3) is 0 Å². The van der Waals surface area contributed by atoms with E-state index in [0.29, 0.717) is 19.4 Å². The highest BCUT2D eigenvalue weighted by Gasteiger charge is 2.16. The highest BCUT2D eigenvalue weighted by Crippen LogP contribution is 2.20. The van der Waals surface area contributed by atoms with Crippen molar-refractivity contribution in [2.45, 2.75) is 12.8 Å². The van der Waals surface area contributed by atoms with Gasteiger partial charge in [-0.3, -0.25) is 4.79 Å². The van der Waals surface area contributed by atoms with E-state index in [-0.39, 0.29) is 11.3 Å². The highest BCUT2D eigenvalue weighted by atomic mass is 19.1. The third-order valence-electron chi connectivity index (χ3n) is 2.21. The van der Waals surface area contributed by atoms with E-state index in [0.717, 1.165) is 0 Å². The lowest BCUT2D eigenvalue weighted by molar-refractivity contribution is 0.0946. The Balaban J connectivity index is 2.72. The average molecular weight is 235 g/mol. The number of ether oxygens (including phenoxy) is 1. The van der Waals surface area contributed by atoms with Crippen LogP contribution in [0.15, 0.2) is 18.2 Å². The average Bonchev–Trinajstić information content (AvgIpc) is 2.34. The summed E-state index contributed by atoms with van der Waals surface area (Å²) < 4.78 is 18.4. The largest absolute Gasteiger partial charge is 0.496 e. The lowest BCUT2D eigenvalue weighted by atomic mass is 10.1. The van der Waals surface area contributed by atoms with Gasteiger partial charge in [0.15, 0.2) is 0 Å². The summed E-state index contributed by atoms with van der Waals surface area (Å²) in [5, 5.41) is 2.59. The quantitative estimate of drug-likeness (QED) is 0.626. The van der Waals surface area contributed by atoms with Gasteiger partial charge in [-0.1, -0.05) is 6.07 Å². The molecule has 0 saturated heterocycles. The van der Waals surface area contributed by atoms with E-state index >= 15 is 0 Å². The fraction of sp³-hybridized carbons (Fsp3) is 0.308. The number of amides is 1. The first kappa shape index (κ1) is 13.0. The van der Waals surface area contributed by atoms with Gasteiger partial charge in [0.05, 0.1) is 7.11 Å². The Kier molecular flexibility index (Phi) is 5.02. The van der Waals surface area contributed by atoms with Crippen molar-refractivity contribution in [1.29, 1.82) is 0 Å². The molecule has 17 heavy (non-hydrogen) atoms. The molecule has 0 spiro atoms. The van der Waals surface area contributed by atoms with Gasteiger partial charge in [0, 0.05) is 13.0 Å². The maximum atomic E-state index is 13.5. The molecular weight excluding hydrogens is 221 g/mol. The van der Waals surface area contributed by atoms with E-state index in [2.05, 4.69) is 11.2 Å². The number of unbranched alkanes of at least 4 members (excludes halogenated alkanes) is 1. The summed E-state index contributed by atoms with van der Waals surface area (Å²) in [4.78, 5) is 11.7. The van der Waals surface area contributed by atoms with Gasteiger partial charge >= 0.3 is 0 Å². The number of carbonyl (C=O) groups excluding carboxylic acids is 1. The normalized spacial score (nSPS) is 9.47. The van der Waals surface area contributed by atoms with Crippen LogP contribution >= 0.6 is 0 Å². The lowest BCUT2D eigenvalue weighted by Crippen LogP contribution is -2.25. The molecule has 1 aromatic rings. The summed E-state index contributed by atoms with van der Waals surface area (Å²) >= 11 is 0. The minimum Gasteiger partial charge on any atom is -0.496 e. The van der Waals surface area contributed by atoms with Crippen molar-refractivity contribution in [2.24, 2.45) is 0 Å². The Morgan fingerprint density at radius 1 is 1.59 bits per heavy atom. The molecule has 1 amide bonds. The number of nitrogens with one attached hydrogen (secondary N) is 1. The predicted molar refractivity (Wildman–Crippen MR) is 63.4 cm³/mol. The third kappa shape index (κ3) is 3.49. The number of rotatable bonds is 5. The van der Waals surface area contributed by atoms with Crippen LogP contribution in [0.1, 0.15) is 23.2 Å². The molecule has 0 aliphatic rings. The van der Waals surface area contributed by atoms with Crippen molar-refractivity contribution < 1.29 is 13.9 Å². The maximum Gasteiger partial charge on any atom is 0.258 e. The van der Waals surface area contributed by atoms with Crippen LogP contribution in [0.2, 0.25) is 0 Å². The predicted octanol–water partition coefficient (Wildman–Crippen LogP) is 1.98. The lowest BCUT2D eigenvalue weighted by Gasteiger charge is -2.09. The molecule has 0 bridgehead atoms. The minimum absolute atomic E-state index is 0.0734. The maximum absolute atomic E-state index is 13.5. The van der Waals surface area contributed by atoms with Crippen LogP contribution < -0.4 is 10.1 Å². The number of methoxy groups -OCH3 is 1. The van der Waals surface area contributed by atoms with Crippen LogP contribution in [-0.2, 0) is 0 Å². The van der Waals surface area contributed by atoms with E-state index in [9.17, 15) is 9.18 Å². The topological polar surface area (TPSA) is 38.3 Å². The minimum atomic E-state index is -0.598. The van der Waals surface area contributed by atoms with Gasteiger partial charge in [0.25, 0.3) is 5.91 Å². The summed E-state index contributed by atoms with van der Waals surface area (Å²) in [5.41, 5.74) is -0.0734. The summed E-state index contributed by atoms with van der Waals surface area (Å²) in [6, 6.07) is 4.25. The summed E-state index contributed by atoms with van der Waals surface area (Å²) in [6.07, 6.45) is 6.33. The standard InChI is InChI=1S/C13H14FNO2/c1-3-4-5-9-15-13(16)12-10(14)7-6-8-11(12)17-2/h1,6-8H,4-5,9H2,2H3,(H,15,16). The summed E-state index contributed by atoms with van der Waals surface area (Å²) in [6.45, 7) is 0.417. The molecule has 4 heteroatoms. The number of hydrogen-bond acceptors (Lipinski definition) is 2. The van der Waals surface area contributed by atoms with Crippen molar-refractivity contribution in [3.8, 4) is 18.1 Å². The molecule has 0 aliphatic heterocycles. The molecule has 90 valence electrons. The molecule has 1 rings (SSSR count). The number of terminal acetylenes is 1. The highest BCUT2D eigenvalue weighted by molar-refractivity contribution is 5.97. The summed E-state index contributed by atoms with van der Waals surface area (Å²) in [7, 11) is 1.39. The Bertz CT molecular complexity index is 438. The molecule has 0 aromatic heterocycles. The third-order valence-corrected chi connectivity index (χ3v) is 2.21. The molecule has 0 fully saturated rings. The van der Waals surface area contributed by atoms with Gasteiger partial charge in [-0.2, -0.15) is 0 Å². The van der Waals surface area contributed by atoms with Gasteiger partial charge in [-0.25, -0.2) is 4.39 Å². The molecule has 0 heterocycles. The molecule has 0 aliphatic carbocycles. The number of halogens is 1. The SMILES string of the molecule is C#CCCCNC(=O)c1c(F)cccc1OC. The monoisotopic (exact) mass is 235 g/mol. The van der Waals surface area contributed by atoms with E-state index in [1.807, 2.05) is 0 Å². The second kappa shape index (κ2) is 6.54. The first-order valence-electron chi connectivity index (χ1n) is 5.25. The summed E-state index contributed by atoms with van der Waals surface area (Å²) in [5.74, 6) is 1.60. The van der Waals surface area contributed by atoms with Crippen molar-refractivity contribution in [1.82, 2.24) is 5.32 Å². The van der Waals surface area contributed by atoms with Crippen LogP contribution in [0.3, 0.4) is 0 Å². The van der Waals surface area contributed by atoms with E-state index in [4.69, 9.17) is 11.2 Å². The van der Waals surface area contributed by atoms with Crippen LogP contribution in [0.5, 0.6) is 5.75 Å². The van der Waals surface area contributed by atoms with Gasteiger partial charge < -0.3 is 10.1 Å². The molecule has 1 N–H and O–H groups in total. The molecule has 1 aromatic carbocycles. The Hall–Kier alpha value is -2.02. The van der Waals surface area contributed by atoms with Crippen molar-refractivity contribution in [3.05, 3.63) is 29.6 Å². The fourth-order valence-corrected chi connectivity index (χ4v) is 1.38. The van der Waals surface area contributed by atoms with Crippen LogP contribution in [0, 0.1) is 18.2 Å². The van der Waals surface area contributed by atoms with Gasteiger partial charge in [0.2, 0.25) is 0 Å². The van der Waals surface area contributed by atoms with E-state index in [1.54, 1.807) is 6.07 Å². The molecule has 0 saturated carbocycles. The molecule has 0 radical (unpaired) electrons. The fourth-order valence-electron chi connectivity index (χ4n) is 1.38. The first-order valence-corrected chi connectivity index (χ1v) is 5.25. The number of carbonyl (C=O) groups is 1. The second-order valence-electron chi connectivity index (χ2n) is 3.38. The molecule has 0 atom stereocenters. The van der Waals surface area contributed by atoms with E-state index in [1.165, 1.54) is 19.2 Å². The Labute approximate surface area is 100.0 Å². The smallest absolute Gasteiger partial charge is 0.258 e. The van der Waals surface area contributed by atoms with Crippen molar-refractivity contribution >= 4 is 5.91 Å². The van der Waals surface area contributed by atoms with Crippen molar-refractivity contribution in [3.63, 3.8) is 0 Å². The van der Waals surface area contributed by atoms with Crippen molar-refractivity contribution in [2.75, 3.05) is 13.7 Å². The Morgan fingerprint density at radius 2 is 2.35 bits per heavy atom. The molecule has 0 unspecified atom stereocenters. The van der Waals surface area contributed by atoms with Crippen LogP contribution in [-0.4, -0.2) is 19.6 Å². The Morgan fingerprint density at radius 3 is 3.00 bits per heavy atom. The first-order chi connectivity index (χ1) is 8.20. The number of benzene rings is 1. The zero-order valence-electron chi connectivity index (χ0n) is 9.63. The number of hydrogen-bond donors (Lipinski definition) is 1. The zero-order valence-corrected chi connectivity index (χ0v) is 9.63. The van der Waals surface area contributed by atoms with Crippen LogP contribution in [0.4, 0.5) is 4.39 Å².